The number of halogens is 1. The maximum atomic E-state index is 11.3. The lowest BCUT2D eigenvalue weighted by molar-refractivity contribution is -0.143. The lowest BCUT2D eigenvalue weighted by Gasteiger charge is -2.36. The van der Waals surface area contributed by atoms with E-state index in [-0.39, 0.29) is 12.0 Å². The van der Waals surface area contributed by atoms with Crippen molar-refractivity contribution in [3.63, 3.8) is 0 Å². The molecule has 0 aliphatic carbocycles. The second-order valence-electron chi connectivity index (χ2n) is 6.80. The van der Waals surface area contributed by atoms with E-state index in [1.807, 2.05) is 0 Å². The molecule has 3 aromatic rings. The van der Waals surface area contributed by atoms with E-state index < -0.39 is 5.97 Å². The van der Waals surface area contributed by atoms with E-state index in [1.54, 1.807) is 11.3 Å². The third-order valence-corrected chi connectivity index (χ3v) is 6.87. The van der Waals surface area contributed by atoms with Gasteiger partial charge in [0.25, 0.3) is 0 Å². The first-order chi connectivity index (χ1) is 12.6. The Kier molecular flexibility index (Phi) is 5.11. The number of nitrogens with zero attached hydrogens (tertiary/aromatic N) is 1. The van der Waals surface area contributed by atoms with Crippen molar-refractivity contribution < 1.29 is 9.90 Å². The number of likely N-dealkylation sites (tertiary alicyclic amines) is 1. The molecule has 4 rings (SSSR count). The number of carbonyl (C=O) groups is 1. The molecule has 1 unspecified atom stereocenters. The fourth-order valence-corrected chi connectivity index (χ4v) is 5.40. The van der Waals surface area contributed by atoms with Gasteiger partial charge >= 0.3 is 5.97 Å². The van der Waals surface area contributed by atoms with Gasteiger partial charge in [-0.05, 0) is 76.4 Å². The van der Waals surface area contributed by atoms with Crippen molar-refractivity contribution in [2.75, 3.05) is 13.1 Å². The Morgan fingerprint density at radius 3 is 2.46 bits per heavy atom. The highest BCUT2D eigenvalue weighted by Crippen LogP contribution is 2.38. The zero-order valence-electron chi connectivity index (χ0n) is 14.3. The van der Waals surface area contributed by atoms with Crippen LogP contribution in [-0.4, -0.2) is 29.1 Å². The number of rotatable bonds is 4. The summed E-state index contributed by atoms with van der Waals surface area (Å²) in [5.41, 5.74) is 1.27. The van der Waals surface area contributed by atoms with Crippen LogP contribution in [-0.2, 0) is 4.79 Å². The summed E-state index contributed by atoms with van der Waals surface area (Å²) in [6, 6.07) is 19.5. The minimum Gasteiger partial charge on any atom is -0.481 e. The smallest absolute Gasteiger partial charge is 0.306 e. The molecule has 1 fully saturated rings. The zero-order chi connectivity index (χ0) is 18.1. The van der Waals surface area contributed by atoms with Crippen molar-refractivity contribution in [1.29, 1.82) is 0 Å². The Labute approximate surface area is 165 Å². The summed E-state index contributed by atoms with van der Waals surface area (Å²) >= 11 is 5.34. The van der Waals surface area contributed by atoms with Gasteiger partial charge in [0.2, 0.25) is 0 Å². The largest absolute Gasteiger partial charge is 0.481 e. The Bertz CT molecular complexity index is 930. The average Bonchev–Trinajstić information content (AvgIpc) is 3.08. The van der Waals surface area contributed by atoms with Crippen molar-refractivity contribution in [2.24, 2.45) is 5.92 Å². The second kappa shape index (κ2) is 7.51. The Balaban J connectivity index is 1.70. The molecule has 3 nitrogen and oxygen atoms in total. The molecule has 1 atom stereocenters. The molecule has 1 saturated heterocycles. The number of piperidine rings is 1. The molecule has 0 saturated carbocycles. The molecule has 0 amide bonds. The number of carboxylic acids is 1. The highest BCUT2D eigenvalue weighted by Gasteiger charge is 2.30. The first kappa shape index (κ1) is 17.7. The summed E-state index contributed by atoms with van der Waals surface area (Å²) < 4.78 is 1.12. The predicted molar refractivity (Wildman–Crippen MR) is 110 cm³/mol. The van der Waals surface area contributed by atoms with Gasteiger partial charge in [0.15, 0.2) is 0 Å². The molecule has 0 radical (unpaired) electrons. The quantitative estimate of drug-likeness (QED) is 0.590. The monoisotopic (exact) mass is 429 g/mol. The molecule has 1 N–H and O–H groups in total. The van der Waals surface area contributed by atoms with Gasteiger partial charge in [-0.2, -0.15) is 0 Å². The van der Waals surface area contributed by atoms with Gasteiger partial charge in [-0.3, -0.25) is 9.69 Å². The van der Waals surface area contributed by atoms with Gasteiger partial charge in [0, 0.05) is 4.88 Å². The molecule has 0 bridgehead atoms. The number of hydrogen-bond donors (Lipinski definition) is 1. The van der Waals surface area contributed by atoms with Gasteiger partial charge in [-0.15, -0.1) is 11.3 Å². The van der Waals surface area contributed by atoms with Crippen LogP contribution < -0.4 is 0 Å². The predicted octanol–water partition coefficient (Wildman–Crippen LogP) is 5.55. The van der Waals surface area contributed by atoms with Crippen molar-refractivity contribution in [1.82, 2.24) is 4.90 Å². The maximum absolute atomic E-state index is 11.3. The van der Waals surface area contributed by atoms with Crippen molar-refractivity contribution in [2.45, 2.75) is 18.9 Å². The molecule has 134 valence electrons. The number of benzene rings is 2. The van der Waals surface area contributed by atoms with Crippen LogP contribution in [0.4, 0.5) is 0 Å². The standard InChI is InChI=1S/C21H20BrNO2S/c22-19-8-7-18(26-19)20(23-11-9-15(10-12-23)21(24)25)17-6-5-14-3-1-2-4-16(14)13-17/h1-8,13,15,20H,9-12H2,(H,24,25). The van der Waals surface area contributed by atoms with Crippen LogP contribution in [0.3, 0.4) is 0 Å². The summed E-state index contributed by atoms with van der Waals surface area (Å²) in [5, 5.41) is 11.8. The topological polar surface area (TPSA) is 40.5 Å². The summed E-state index contributed by atoms with van der Waals surface area (Å²) in [6.45, 7) is 1.62. The molecule has 1 aromatic heterocycles. The van der Waals surface area contributed by atoms with Crippen molar-refractivity contribution in [3.05, 3.63) is 68.8 Å². The van der Waals surface area contributed by atoms with E-state index in [2.05, 4.69) is 75.4 Å². The summed E-state index contributed by atoms with van der Waals surface area (Å²) in [6.07, 6.45) is 1.43. The van der Waals surface area contributed by atoms with Crippen LogP contribution in [0.25, 0.3) is 10.8 Å². The molecular formula is C21H20BrNO2S. The molecular weight excluding hydrogens is 410 g/mol. The van der Waals surface area contributed by atoms with Gasteiger partial charge in [0.05, 0.1) is 15.7 Å². The number of carboxylic acid groups (broad SMARTS) is 1. The fraction of sp³-hybridized carbons (Fsp3) is 0.286. The third-order valence-electron chi connectivity index (χ3n) is 5.20. The van der Waals surface area contributed by atoms with Crippen LogP contribution in [0.2, 0.25) is 0 Å². The number of thiophene rings is 1. The first-order valence-corrected chi connectivity index (χ1v) is 10.4. The minimum atomic E-state index is -0.661. The van der Waals surface area contributed by atoms with E-state index in [4.69, 9.17) is 0 Å². The summed E-state index contributed by atoms with van der Waals surface area (Å²) in [4.78, 5) is 15.0. The van der Waals surface area contributed by atoms with Crippen LogP contribution in [0.15, 0.2) is 58.4 Å². The third kappa shape index (κ3) is 3.56. The van der Waals surface area contributed by atoms with Crippen LogP contribution in [0.1, 0.15) is 29.3 Å². The van der Waals surface area contributed by atoms with E-state index in [0.717, 1.165) is 16.9 Å². The normalized spacial score (nSPS) is 17.4. The second-order valence-corrected chi connectivity index (χ2v) is 9.29. The van der Waals surface area contributed by atoms with Gasteiger partial charge in [-0.25, -0.2) is 0 Å². The van der Waals surface area contributed by atoms with Gasteiger partial charge < -0.3 is 5.11 Å². The SMILES string of the molecule is O=C(O)C1CCN(C(c2ccc3ccccc3c2)c2ccc(Br)s2)CC1. The molecule has 1 aliphatic heterocycles. The average molecular weight is 430 g/mol. The van der Waals surface area contributed by atoms with Crippen LogP contribution in [0.5, 0.6) is 0 Å². The van der Waals surface area contributed by atoms with E-state index in [9.17, 15) is 9.90 Å². The van der Waals surface area contributed by atoms with Crippen molar-refractivity contribution in [3.8, 4) is 0 Å². The van der Waals surface area contributed by atoms with Crippen LogP contribution >= 0.6 is 27.3 Å². The van der Waals surface area contributed by atoms with Crippen molar-refractivity contribution >= 4 is 44.0 Å². The number of aliphatic carboxylic acids is 1. The molecule has 5 heteroatoms. The van der Waals surface area contributed by atoms with Crippen LogP contribution in [0, 0.1) is 5.92 Å². The lowest BCUT2D eigenvalue weighted by Crippen LogP contribution is -2.39. The Hall–Kier alpha value is -1.69. The Morgan fingerprint density at radius 2 is 1.81 bits per heavy atom. The highest BCUT2D eigenvalue weighted by molar-refractivity contribution is 9.11. The molecule has 1 aliphatic rings. The molecule has 26 heavy (non-hydrogen) atoms. The van der Waals surface area contributed by atoms with Gasteiger partial charge in [0.1, 0.15) is 0 Å². The Morgan fingerprint density at radius 1 is 1.08 bits per heavy atom. The number of hydrogen-bond acceptors (Lipinski definition) is 3. The molecule has 2 aromatic carbocycles. The molecule has 2 heterocycles. The van der Waals surface area contributed by atoms with E-state index >= 15 is 0 Å². The van der Waals surface area contributed by atoms with Gasteiger partial charge in [-0.1, -0.05) is 36.4 Å². The highest BCUT2D eigenvalue weighted by atomic mass is 79.9. The molecule has 0 spiro atoms. The zero-order valence-corrected chi connectivity index (χ0v) is 16.7. The number of fused-ring (bicyclic) bond motifs is 1. The van der Waals surface area contributed by atoms with E-state index in [1.165, 1.54) is 21.2 Å². The minimum absolute atomic E-state index is 0.172. The lowest BCUT2D eigenvalue weighted by atomic mass is 9.93. The maximum Gasteiger partial charge on any atom is 0.306 e. The van der Waals surface area contributed by atoms with E-state index in [0.29, 0.717) is 12.8 Å². The fourth-order valence-electron chi connectivity index (χ4n) is 3.81. The summed E-state index contributed by atoms with van der Waals surface area (Å²) in [7, 11) is 0. The first-order valence-electron chi connectivity index (χ1n) is 8.82. The summed E-state index contributed by atoms with van der Waals surface area (Å²) in [5.74, 6) is -0.871.